The van der Waals surface area contributed by atoms with Gasteiger partial charge in [-0.15, -0.1) is 0 Å². The highest BCUT2D eigenvalue weighted by Gasteiger charge is 2.14. The Morgan fingerprint density at radius 2 is 1.86 bits per heavy atom. The second-order valence-corrected chi connectivity index (χ2v) is 4.58. The Labute approximate surface area is 129 Å². The smallest absolute Gasteiger partial charge is 0.146 e. The van der Waals surface area contributed by atoms with Crippen molar-refractivity contribution in [3.05, 3.63) is 58.6 Å². The van der Waals surface area contributed by atoms with Crippen LogP contribution in [0.5, 0.6) is 5.75 Å². The van der Waals surface area contributed by atoms with E-state index in [-0.39, 0.29) is 0 Å². The van der Waals surface area contributed by atoms with Crippen molar-refractivity contribution in [2.24, 2.45) is 4.99 Å². The van der Waals surface area contributed by atoms with E-state index < -0.39 is 0 Å². The molecule has 0 spiro atoms. The van der Waals surface area contributed by atoms with E-state index in [1.807, 2.05) is 32.0 Å². The Morgan fingerprint density at radius 1 is 1.14 bits per heavy atom. The highest BCUT2D eigenvalue weighted by atomic mass is 35.5. The number of fused-ring (bicyclic) bond motifs is 1. The molecule has 0 saturated heterocycles. The number of aliphatic imine (C=N–C) groups is 1. The van der Waals surface area contributed by atoms with E-state index in [9.17, 15) is 0 Å². The largest absolute Gasteiger partial charge is 0.485 e. The van der Waals surface area contributed by atoms with Gasteiger partial charge in [0.05, 0.1) is 17.3 Å². The lowest BCUT2D eigenvalue weighted by molar-refractivity contribution is 0.373. The van der Waals surface area contributed by atoms with Crippen LogP contribution in [0.15, 0.2) is 47.5 Å². The molecule has 0 N–H and O–H groups in total. The van der Waals surface area contributed by atoms with E-state index in [1.165, 1.54) is 0 Å². The summed E-state index contributed by atoms with van der Waals surface area (Å²) in [4.78, 5) is 4.56. The number of ether oxygens (including phenoxy) is 1. The summed E-state index contributed by atoms with van der Waals surface area (Å²) in [6.45, 7) is 4.40. The lowest BCUT2D eigenvalue weighted by Gasteiger charge is -2.17. The molecule has 0 amide bonds. The molecule has 0 atom stereocenters. The first kappa shape index (κ1) is 15.1. The third-order valence-corrected chi connectivity index (χ3v) is 3.12. The zero-order chi connectivity index (χ0) is 15.2. The molecule has 0 bridgehead atoms. The van der Waals surface area contributed by atoms with E-state index >= 15 is 0 Å². The van der Waals surface area contributed by atoms with Gasteiger partial charge in [-0.1, -0.05) is 37.6 Å². The fourth-order valence-electron chi connectivity index (χ4n) is 1.90. The van der Waals surface area contributed by atoms with Gasteiger partial charge in [-0.25, -0.2) is 4.99 Å². The second kappa shape index (κ2) is 6.92. The molecule has 0 aliphatic carbocycles. The van der Waals surface area contributed by atoms with Crippen LogP contribution in [0.25, 0.3) is 0 Å². The number of hydrogen-bond donors (Lipinski definition) is 0. The van der Waals surface area contributed by atoms with E-state index in [4.69, 9.17) is 21.6 Å². The lowest BCUT2D eigenvalue weighted by atomic mass is 10.1. The Balaban J connectivity index is 0.000000774. The molecule has 2 aromatic carbocycles. The van der Waals surface area contributed by atoms with Crippen molar-refractivity contribution in [3.63, 3.8) is 0 Å². The molecule has 3 rings (SSSR count). The molecular weight excluding hydrogens is 284 g/mol. The molecule has 1 heterocycles. The van der Waals surface area contributed by atoms with Gasteiger partial charge in [-0.2, -0.15) is 5.26 Å². The van der Waals surface area contributed by atoms with Gasteiger partial charge >= 0.3 is 0 Å². The summed E-state index contributed by atoms with van der Waals surface area (Å²) in [7, 11) is 0. The number of rotatable bonds is 1. The van der Waals surface area contributed by atoms with Gasteiger partial charge < -0.3 is 4.74 Å². The van der Waals surface area contributed by atoms with Gasteiger partial charge in [-0.3, -0.25) is 0 Å². The van der Waals surface area contributed by atoms with E-state index in [2.05, 4.69) is 11.1 Å². The summed E-state index contributed by atoms with van der Waals surface area (Å²) >= 11 is 5.90. The summed E-state index contributed by atoms with van der Waals surface area (Å²) in [6, 6.07) is 14.8. The van der Waals surface area contributed by atoms with E-state index in [0.29, 0.717) is 22.9 Å². The maximum absolute atomic E-state index is 8.78. The fraction of sp³-hybridized carbons (Fsp3) is 0.176. The average Bonchev–Trinajstić information content (AvgIpc) is 2.56. The maximum atomic E-state index is 8.78. The van der Waals surface area contributed by atoms with Crippen LogP contribution < -0.4 is 4.74 Å². The monoisotopic (exact) mass is 298 g/mol. The first-order chi connectivity index (χ1) is 10.3. The topological polar surface area (TPSA) is 45.4 Å². The summed E-state index contributed by atoms with van der Waals surface area (Å²) in [5.74, 6) is 0.699. The van der Waals surface area contributed by atoms with Crippen LogP contribution in [0.1, 0.15) is 25.0 Å². The lowest BCUT2D eigenvalue weighted by Crippen LogP contribution is -2.16. The highest BCUT2D eigenvalue weighted by Crippen LogP contribution is 2.33. The molecule has 0 unspecified atom stereocenters. The predicted octanol–water partition coefficient (Wildman–Crippen LogP) is 4.75. The van der Waals surface area contributed by atoms with Crippen LogP contribution in [0, 0.1) is 11.3 Å². The molecule has 0 radical (unpaired) electrons. The number of nitriles is 1. The first-order valence-corrected chi connectivity index (χ1v) is 7.14. The van der Waals surface area contributed by atoms with Gasteiger partial charge in [0.1, 0.15) is 18.0 Å². The van der Waals surface area contributed by atoms with E-state index in [1.54, 1.807) is 24.3 Å². The Hall–Kier alpha value is -2.31. The highest BCUT2D eigenvalue weighted by molar-refractivity contribution is 6.30. The van der Waals surface area contributed by atoms with E-state index in [0.717, 1.165) is 17.0 Å². The van der Waals surface area contributed by atoms with Crippen molar-refractivity contribution in [2.75, 3.05) is 6.61 Å². The van der Waals surface area contributed by atoms with Gasteiger partial charge in [0.2, 0.25) is 0 Å². The number of hydrogen-bond acceptors (Lipinski definition) is 3. The zero-order valence-electron chi connectivity index (χ0n) is 11.9. The molecular formula is C17H15ClN2O. The van der Waals surface area contributed by atoms with Crippen LogP contribution in [-0.2, 0) is 0 Å². The minimum Gasteiger partial charge on any atom is -0.485 e. The summed E-state index contributed by atoms with van der Waals surface area (Å²) in [5.41, 5.74) is 3.21. The molecule has 106 valence electrons. The van der Waals surface area contributed by atoms with Gasteiger partial charge in [0.15, 0.2) is 0 Å². The van der Waals surface area contributed by atoms with Gasteiger partial charge in [-0.05, 0) is 29.8 Å². The molecule has 4 heteroatoms. The van der Waals surface area contributed by atoms with Crippen LogP contribution in [-0.4, -0.2) is 12.3 Å². The van der Waals surface area contributed by atoms with Gasteiger partial charge in [0.25, 0.3) is 0 Å². The van der Waals surface area contributed by atoms with Crippen LogP contribution >= 0.6 is 11.6 Å². The third kappa shape index (κ3) is 3.42. The van der Waals surface area contributed by atoms with Crippen LogP contribution in [0.3, 0.4) is 0 Å². The number of halogens is 1. The molecule has 3 nitrogen and oxygen atoms in total. The summed E-state index contributed by atoms with van der Waals surface area (Å²) in [5, 5.41) is 9.41. The predicted molar refractivity (Wildman–Crippen MR) is 85.6 cm³/mol. The third-order valence-electron chi connectivity index (χ3n) is 2.89. The SMILES string of the molecule is CC.N#Cc1ccc(C2=Nc3ccc(Cl)cc3OC2)cc1. The van der Waals surface area contributed by atoms with Crippen LogP contribution in [0.2, 0.25) is 5.02 Å². The summed E-state index contributed by atoms with van der Waals surface area (Å²) in [6.07, 6.45) is 0. The second-order valence-electron chi connectivity index (χ2n) is 4.15. The quantitative estimate of drug-likeness (QED) is 0.762. The molecule has 21 heavy (non-hydrogen) atoms. The summed E-state index contributed by atoms with van der Waals surface area (Å²) < 4.78 is 5.65. The standard InChI is InChI=1S/C15H9ClN2O.C2H6/c16-12-5-6-13-15(7-12)19-9-14(18-13)11-3-1-10(8-17)2-4-11;1-2/h1-7H,9H2;1-2H3. The molecule has 0 saturated carbocycles. The number of nitrogens with zero attached hydrogens (tertiary/aromatic N) is 2. The normalized spacial score (nSPS) is 12.0. The molecule has 0 fully saturated rings. The minimum absolute atomic E-state index is 0.402. The van der Waals surface area contributed by atoms with Crippen molar-refractivity contribution < 1.29 is 4.74 Å². The zero-order valence-corrected chi connectivity index (χ0v) is 12.7. The van der Waals surface area contributed by atoms with Crippen molar-refractivity contribution in [1.82, 2.24) is 0 Å². The van der Waals surface area contributed by atoms with Crippen molar-refractivity contribution in [3.8, 4) is 11.8 Å². The fourth-order valence-corrected chi connectivity index (χ4v) is 2.07. The van der Waals surface area contributed by atoms with Crippen molar-refractivity contribution >= 4 is 23.0 Å². The van der Waals surface area contributed by atoms with Crippen molar-refractivity contribution in [1.29, 1.82) is 5.26 Å². The molecule has 1 aliphatic heterocycles. The average molecular weight is 299 g/mol. The Morgan fingerprint density at radius 3 is 2.52 bits per heavy atom. The molecule has 1 aliphatic rings. The maximum Gasteiger partial charge on any atom is 0.146 e. The Kier molecular flexibility index (Phi) is 4.97. The van der Waals surface area contributed by atoms with Crippen molar-refractivity contribution in [2.45, 2.75) is 13.8 Å². The van der Waals surface area contributed by atoms with Gasteiger partial charge in [0, 0.05) is 11.1 Å². The molecule has 0 aromatic heterocycles. The first-order valence-electron chi connectivity index (χ1n) is 6.77. The number of benzene rings is 2. The Bertz CT molecular complexity index is 700. The minimum atomic E-state index is 0.402. The van der Waals surface area contributed by atoms with Crippen LogP contribution in [0.4, 0.5) is 5.69 Å². The molecule has 2 aromatic rings.